The zero-order valence-electron chi connectivity index (χ0n) is 14.3. The van der Waals surface area contributed by atoms with Gasteiger partial charge in [-0.1, -0.05) is 29.3 Å². The zero-order chi connectivity index (χ0) is 20.4. The van der Waals surface area contributed by atoms with Crippen molar-refractivity contribution in [3.8, 4) is 0 Å². The van der Waals surface area contributed by atoms with Crippen LogP contribution in [0.4, 0.5) is 17.1 Å². The Labute approximate surface area is 165 Å². The summed E-state index contributed by atoms with van der Waals surface area (Å²) < 4.78 is 25.1. The lowest BCUT2D eigenvalue weighted by Gasteiger charge is -2.23. The van der Waals surface area contributed by atoms with Crippen LogP contribution in [0, 0.1) is 17.0 Å². The highest BCUT2D eigenvalue weighted by molar-refractivity contribution is 7.92. The van der Waals surface area contributed by atoms with Crippen LogP contribution in [-0.4, -0.2) is 32.0 Å². The summed E-state index contributed by atoms with van der Waals surface area (Å²) in [5.41, 5.74) is 0.402. The molecule has 0 bridgehead atoms. The maximum Gasteiger partial charge on any atom is 0.274 e. The third-order valence-corrected chi connectivity index (χ3v) is 5.31. The van der Waals surface area contributed by atoms with Crippen LogP contribution in [0.1, 0.15) is 5.56 Å². The highest BCUT2D eigenvalue weighted by atomic mass is 35.5. The number of benzene rings is 2. The summed E-state index contributed by atoms with van der Waals surface area (Å²) in [5, 5.41) is 13.9. The van der Waals surface area contributed by atoms with Crippen LogP contribution in [0.3, 0.4) is 0 Å². The summed E-state index contributed by atoms with van der Waals surface area (Å²) >= 11 is 11.9. The molecular weight excluding hydrogens is 417 g/mol. The fourth-order valence-electron chi connectivity index (χ4n) is 2.34. The molecule has 0 fully saturated rings. The number of hydrogen-bond donors (Lipinski definition) is 1. The van der Waals surface area contributed by atoms with E-state index < -0.39 is 27.4 Å². The topological polar surface area (TPSA) is 110 Å². The lowest BCUT2D eigenvalue weighted by atomic mass is 10.1. The van der Waals surface area contributed by atoms with E-state index in [1.165, 1.54) is 43.3 Å². The molecule has 0 spiro atoms. The van der Waals surface area contributed by atoms with Crippen LogP contribution in [0.25, 0.3) is 0 Å². The molecule has 0 aliphatic heterocycles. The summed E-state index contributed by atoms with van der Waals surface area (Å²) in [5.74, 6) is -0.685. The van der Waals surface area contributed by atoms with Gasteiger partial charge in [-0.15, -0.1) is 0 Å². The molecule has 0 saturated heterocycles. The summed E-state index contributed by atoms with van der Waals surface area (Å²) in [4.78, 5) is 22.8. The van der Waals surface area contributed by atoms with Crippen molar-refractivity contribution in [2.75, 3.05) is 22.4 Å². The van der Waals surface area contributed by atoms with E-state index in [1.807, 2.05) is 0 Å². The molecule has 1 amide bonds. The van der Waals surface area contributed by atoms with Gasteiger partial charge in [0.15, 0.2) is 0 Å². The van der Waals surface area contributed by atoms with Crippen molar-refractivity contribution in [1.82, 2.24) is 0 Å². The van der Waals surface area contributed by atoms with E-state index in [2.05, 4.69) is 5.32 Å². The molecule has 8 nitrogen and oxygen atoms in total. The smallest absolute Gasteiger partial charge is 0.274 e. The average molecular weight is 432 g/mol. The second kappa shape index (κ2) is 8.12. The molecule has 2 aromatic carbocycles. The van der Waals surface area contributed by atoms with Gasteiger partial charge in [-0.3, -0.25) is 19.2 Å². The molecule has 0 heterocycles. The Morgan fingerprint density at radius 3 is 2.48 bits per heavy atom. The monoisotopic (exact) mass is 431 g/mol. The molecule has 27 heavy (non-hydrogen) atoms. The second-order valence-corrected chi connectivity index (χ2v) is 8.37. The molecule has 0 saturated carbocycles. The number of hydrogen-bond acceptors (Lipinski definition) is 5. The third-order valence-electron chi connectivity index (χ3n) is 3.64. The third kappa shape index (κ3) is 5.09. The lowest BCUT2D eigenvalue weighted by molar-refractivity contribution is -0.385. The maximum atomic E-state index is 12.4. The highest BCUT2D eigenvalue weighted by Crippen LogP contribution is 2.30. The van der Waals surface area contributed by atoms with Crippen LogP contribution >= 0.6 is 23.2 Å². The normalized spacial score (nSPS) is 11.1. The predicted molar refractivity (Wildman–Crippen MR) is 105 cm³/mol. The van der Waals surface area contributed by atoms with Gasteiger partial charge in [-0.05, 0) is 31.2 Å². The van der Waals surface area contributed by atoms with E-state index in [9.17, 15) is 23.3 Å². The van der Waals surface area contributed by atoms with Gasteiger partial charge >= 0.3 is 0 Å². The predicted octanol–water partition coefficient (Wildman–Crippen LogP) is 3.61. The number of rotatable bonds is 6. The van der Waals surface area contributed by atoms with Gasteiger partial charge < -0.3 is 5.32 Å². The highest BCUT2D eigenvalue weighted by Gasteiger charge is 2.24. The number of halogens is 2. The van der Waals surface area contributed by atoms with E-state index in [1.54, 1.807) is 0 Å². The molecule has 0 atom stereocenters. The van der Waals surface area contributed by atoms with Crippen molar-refractivity contribution < 1.29 is 18.1 Å². The van der Waals surface area contributed by atoms with Gasteiger partial charge in [-0.25, -0.2) is 8.42 Å². The first-order chi connectivity index (χ1) is 12.5. The lowest BCUT2D eigenvalue weighted by Crippen LogP contribution is -2.37. The first-order valence-corrected chi connectivity index (χ1v) is 10.1. The Kier molecular flexibility index (Phi) is 6.30. The molecule has 0 unspecified atom stereocenters. The van der Waals surface area contributed by atoms with Gasteiger partial charge in [0.2, 0.25) is 15.9 Å². The van der Waals surface area contributed by atoms with Crippen molar-refractivity contribution >= 4 is 56.2 Å². The van der Waals surface area contributed by atoms with Crippen molar-refractivity contribution in [2.24, 2.45) is 0 Å². The molecule has 2 rings (SSSR count). The number of amides is 1. The van der Waals surface area contributed by atoms with E-state index >= 15 is 0 Å². The molecule has 2 aromatic rings. The molecule has 1 N–H and O–H groups in total. The molecule has 11 heteroatoms. The molecule has 0 aliphatic rings. The largest absolute Gasteiger partial charge is 0.324 e. The van der Waals surface area contributed by atoms with Crippen molar-refractivity contribution in [3.05, 3.63) is 62.1 Å². The number of carbonyl (C=O) groups excluding carboxylic acids is 1. The number of nitro benzene ring substituents is 1. The van der Waals surface area contributed by atoms with Gasteiger partial charge in [0.25, 0.3) is 5.69 Å². The Balaban J connectivity index is 2.31. The SMILES string of the molecule is Cc1c(NC(=O)CN(c2ccc(Cl)cc2Cl)S(C)(=O)=O)cccc1[N+](=O)[O-]. The maximum absolute atomic E-state index is 12.4. The van der Waals surface area contributed by atoms with Crippen LogP contribution in [0.2, 0.25) is 10.0 Å². The van der Waals surface area contributed by atoms with E-state index in [-0.39, 0.29) is 27.6 Å². The fraction of sp³-hybridized carbons (Fsp3) is 0.188. The molecular formula is C16H15Cl2N3O5S. The Bertz CT molecular complexity index is 1010. The minimum absolute atomic E-state index is 0.0623. The molecule has 0 aliphatic carbocycles. The van der Waals surface area contributed by atoms with Crippen molar-refractivity contribution in [2.45, 2.75) is 6.92 Å². The van der Waals surface area contributed by atoms with Gasteiger partial charge in [0.05, 0.1) is 33.1 Å². The standard InChI is InChI=1S/C16H15Cl2N3O5S/c1-10-13(4-3-5-14(10)21(23)24)19-16(22)9-20(27(2,25)26)15-7-6-11(17)8-12(15)18/h3-8H,9H2,1-2H3,(H,19,22). The summed E-state index contributed by atoms with van der Waals surface area (Å²) in [6.07, 6.45) is 0.934. The molecule has 0 aromatic heterocycles. The summed E-state index contributed by atoms with van der Waals surface area (Å²) in [6, 6.07) is 8.41. The number of carbonyl (C=O) groups is 1. The minimum Gasteiger partial charge on any atom is -0.324 e. The Morgan fingerprint density at radius 2 is 1.93 bits per heavy atom. The van der Waals surface area contributed by atoms with E-state index in [0.29, 0.717) is 5.02 Å². The Hall–Kier alpha value is -2.36. The minimum atomic E-state index is -3.84. The second-order valence-electron chi connectivity index (χ2n) is 5.62. The fourth-order valence-corrected chi connectivity index (χ4v) is 3.77. The van der Waals surface area contributed by atoms with Gasteiger partial charge in [-0.2, -0.15) is 0 Å². The molecule has 144 valence electrons. The number of anilines is 2. The number of nitrogens with one attached hydrogen (secondary N) is 1. The quantitative estimate of drug-likeness (QED) is 0.554. The van der Waals surface area contributed by atoms with Gasteiger partial charge in [0.1, 0.15) is 6.54 Å². The van der Waals surface area contributed by atoms with Crippen LogP contribution in [0.15, 0.2) is 36.4 Å². The average Bonchev–Trinajstić information content (AvgIpc) is 2.54. The van der Waals surface area contributed by atoms with Crippen LogP contribution in [0.5, 0.6) is 0 Å². The first kappa shape index (κ1) is 20.9. The van der Waals surface area contributed by atoms with E-state index in [4.69, 9.17) is 23.2 Å². The zero-order valence-corrected chi connectivity index (χ0v) is 16.6. The van der Waals surface area contributed by atoms with Crippen molar-refractivity contribution in [3.63, 3.8) is 0 Å². The number of nitrogens with zero attached hydrogens (tertiary/aromatic N) is 2. The van der Waals surface area contributed by atoms with Crippen molar-refractivity contribution in [1.29, 1.82) is 0 Å². The van der Waals surface area contributed by atoms with Gasteiger partial charge in [0, 0.05) is 11.1 Å². The van der Waals surface area contributed by atoms with Crippen LogP contribution in [-0.2, 0) is 14.8 Å². The first-order valence-electron chi connectivity index (χ1n) is 7.47. The Morgan fingerprint density at radius 1 is 1.26 bits per heavy atom. The number of nitro groups is 1. The van der Waals surface area contributed by atoms with E-state index in [0.717, 1.165) is 10.6 Å². The number of sulfonamides is 1. The molecule has 0 radical (unpaired) electrons. The summed E-state index contributed by atoms with van der Waals surface area (Å²) in [7, 11) is -3.84. The van der Waals surface area contributed by atoms with Crippen LogP contribution < -0.4 is 9.62 Å². The summed E-state index contributed by atoms with van der Waals surface area (Å²) in [6.45, 7) is 0.917.